The number of carbonyl (C=O) groups is 2. The number of carbonyl (C=O) groups excluding carboxylic acids is 2. The Morgan fingerprint density at radius 1 is 1.27 bits per heavy atom. The average molecular weight is 300 g/mol. The Kier molecular flexibility index (Phi) is 5.50. The molecule has 0 fully saturated rings. The molecule has 22 heavy (non-hydrogen) atoms. The maximum atomic E-state index is 12.3. The highest BCUT2D eigenvalue weighted by molar-refractivity contribution is 5.88. The molecule has 1 heterocycles. The van der Waals surface area contributed by atoms with Gasteiger partial charge in [-0.3, -0.25) is 9.59 Å². The molecule has 1 aliphatic rings. The summed E-state index contributed by atoms with van der Waals surface area (Å²) in [4.78, 5) is 25.8. The quantitative estimate of drug-likeness (QED) is 0.821. The van der Waals surface area contributed by atoms with Crippen molar-refractivity contribution in [2.75, 3.05) is 0 Å². The Morgan fingerprint density at radius 3 is 2.36 bits per heavy atom. The van der Waals surface area contributed by atoms with E-state index in [0.29, 0.717) is 19.5 Å². The summed E-state index contributed by atoms with van der Waals surface area (Å²) in [5.74, 6) is 0.118. The molecule has 1 aromatic rings. The van der Waals surface area contributed by atoms with Crippen molar-refractivity contribution >= 4 is 11.7 Å². The van der Waals surface area contributed by atoms with Crippen LogP contribution in [0.3, 0.4) is 0 Å². The van der Waals surface area contributed by atoms with Gasteiger partial charge in [0, 0.05) is 19.5 Å². The van der Waals surface area contributed by atoms with Crippen molar-refractivity contribution in [3.05, 3.63) is 47.5 Å². The van der Waals surface area contributed by atoms with Crippen LogP contribution in [-0.4, -0.2) is 22.6 Å². The second-order valence-corrected chi connectivity index (χ2v) is 5.95. The summed E-state index contributed by atoms with van der Waals surface area (Å²) < 4.78 is 0. The van der Waals surface area contributed by atoms with Gasteiger partial charge in [-0.05, 0) is 36.5 Å². The number of Topliss-reactive ketones (excluding diaryl/α,β-unsaturated/α-hetero) is 1. The summed E-state index contributed by atoms with van der Waals surface area (Å²) in [6.07, 6.45) is 4.68. The predicted molar refractivity (Wildman–Crippen MR) is 86.9 cm³/mol. The third-order valence-electron chi connectivity index (χ3n) is 4.16. The van der Waals surface area contributed by atoms with Gasteiger partial charge in [-0.15, -0.1) is 0 Å². The molecule has 0 aromatic heterocycles. The highest BCUT2D eigenvalue weighted by atomic mass is 16.2. The molecule has 0 saturated heterocycles. The lowest BCUT2D eigenvalue weighted by Crippen LogP contribution is -2.28. The molecule has 2 N–H and O–H groups in total. The van der Waals surface area contributed by atoms with Crippen molar-refractivity contribution in [2.45, 2.75) is 45.8 Å². The maximum absolute atomic E-state index is 12.3. The zero-order valence-corrected chi connectivity index (χ0v) is 13.3. The van der Waals surface area contributed by atoms with Crippen molar-refractivity contribution < 1.29 is 9.59 Å². The van der Waals surface area contributed by atoms with Gasteiger partial charge in [0.15, 0.2) is 0 Å². The molecule has 1 aromatic carbocycles. The first-order valence-corrected chi connectivity index (χ1v) is 7.83. The lowest BCUT2D eigenvalue weighted by molar-refractivity contribution is -0.126. The largest absolute Gasteiger partial charge is 0.330 e. The van der Waals surface area contributed by atoms with Crippen molar-refractivity contribution in [1.82, 2.24) is 4.90 Å². The number of benzene rings is 1. The van der Waals surface area contributed by atoms with Gasteiger partial charge >= 0.3 is 0 Å². The minimum atomic E-state index is -0.439. The highest BCUT2D eigenvalue weighted by Gasteiger charge is 2.21. The van der Waals surface area contributed by atoms with E-state index in [9.17, 15) is 9.59 Å². The fraction of sp³-hybridized carbons (Fsp3) is 0.444. The first-order valence-electron chi connectivity index (χ1n) is 7.83. The first kappa shape index (κ1) is 16.4. The molecule has 1 aliphatic heterocycles. The summed E-state index contributed by atoms with van der Waals surface area (Å²) in [7, 11) is 0. The van der Waals surface area contributed by atoms with Crippen LogP contribution in [0.4, 0.5) is 0 Å². The van der Waals surface area contributed by atoms with Crippen LogP contribution in [0.15, 0.2) is 36.4 Å². The molecular weight excluding hydrogens is 276 g/mol. The topological polar surface area (TPSA) is 63.4 Å². The smallest absolute Gasteiger partial charge is 0.246 e. The van der Waals surface area contributed by atoms with Crippen molar-refractivity contribution in [1.29, 1.82) is 0 Å². The van der Waals surface area contributed by atoms with E-state index in [1.54, 1.807) is 13.0 Å². The van der Waals surface area contributed by atoms with E-state index in [-0.39, 0.29) is 17.6 Å². The van der Waals surface area contributed by atoms with E-state index >= 15 is 0 Å². The van der Waals surface area contributed by atoms with Crippen LogP contribution < -0.4 is 5.73 Å². The number of nitrogens with two attached hydrogens (primary N) is 1. The van der Waals surface area contributed by atoms with Crippen molar-refractivity contribution in [3.8, 4) is 0 Å². The van der Waals surface area contributed by atoms with Crippen LogP contribution in [0.1, 0.15) is 37.8 Å². The molecule has 0 bridgehead atoms. The number of hydrogen-bond acceptors (Lipinski definition) is 3. The monoisotopic (exact) mass is 300 g/mol. The zero-order chi connectivity index (χ0) is 16.1. The summed E-state index contributed by atoms with van der Waals surface area (Å²) in [5, 5.41) is 0. The van der Waals surface area contributed by atoms with Crippen LogP contribution in [0.5, 0.6) is 0 Å². The Morgan fingerprint density at radius 2 is 1.86 bits per heavy atom. The number of fused-ring (bicyclic) bond motifs is 1. The Hall–Kier alpha value is -1.94. The molecule has 0 saturated carbocycles. The van der Waals surface area contributed by atoms with Gasteiger partial charge in [0.2, 0.25) is 5.91 Å². The van der Waals surface area contributed by atoms with Crippen LogP contribution >= 0.6 is 0 Å². The van der Waals surface area contributed by atoms with E-state index in [1.807, 2.05) is 30.0 Å². The van der Waals surface area contributed by atoms with Crippen LogP contribution in [0.25, 0.3) is 0 Å². The van der Waals surface area contributed by atoms with Crippen LogP contribution in [-0.2, 0) is 22.7 Å². The number of rotatable bonds is 6. The minimum Gasteiger partial charge on any atom is -0.330 e. The van der Waals surface area contributed by atoms with E-state index in [0.717, 1.165) is 6.42 Å². The third-order valence-corrected chi connectivity index (χ3v) is 4.16. The number of hydrogen-bond donors (Lipinski definition) is 1. The van der Waals surface area contributed by atoms with Gasteiger partial charge in [0.25, 0.3) is 0 Å². The summed E-state index contributed by atoms with van der Waals surface area (Å²) in [6, 6.07) is 7.67. The molecule has 2 rings (SSSR count). The van der Waals surface area contributed by atoms with E-state index in [4.69, 9.17) is 5.73 Å². The normalized spacial score (nSPS) is 16.6. The van der Waals surface area contributed by atoms with Crippen molar-refractivity contribution in [3.63, 3.8) is 0 Å². The van der Waals surface area contributed by atoms with Gasteiger partial charge in [-0.1, -0.05) is 37.3 Å². The summed E-state index contributed by atoms with van der Waals surface area (Å²) >= 11 is 0. The molecular formula is C18H24N2O2. The molecule has 0 radical (unpaired) electrons. The van der Waals surface area contributed by atoms with Gasteiger partial charge < -0.3 is 10.6 Å². The lowest BCUT2D eigenvalue weighted by atomic mass is 9.96. The van der Waals surface area contributed by atoms with Gasteiger partial charge in [0.05, 0.1) is 6.04 Å². The lowest BCUT2D eigenvalue weighted by Gasteiger charge is -2.14. The van der Waals surface area contributed by atoms with Crippen LogP contribution in [0, 0.1) is 5.92 Å². The second-order valence-electron chi connectivity index (χ2n) is 5.95. The molecule has 118 valence electrons. The predicted octanol–water partition coefficient (Wildman–Crippen LogP) is 2.42. The number of allylic oxidation sites excluding steroid dienone is 1. The molecule has 0 aliphatic carbocycles. The molecule has 0 spiro atoms. The number of amides is 1. The SMILES string of the molecule is CC[C@@H](/C=C/C(=O)N1Cc2ccccc2C1)CC(=O)[C@H](C)N. The van der Waals surface area contributed by atoms with Crippen molar-refractivity contribution in [2.24, 2.45) is 11.7 Å². The Bertz CT molecular complexity index is 553. The summed E-state index contributed by atoms with van der Waals surface area (Å²) in [5.41, 5.74) is 8.02. The van der Waals surface area contributed by atoms with E-state index in [1.165, 1.54) is 11.1 Å². The number of ketones is 1. The first-order chi connectivity index (χ1) is 10.5. The fourth-order valence-corrected chi connectivity index (χ4v) is 2.61. The molecule has 1 amide bonds. The van der Waals surface area contributed by atoms with E-state index in [2.05, 4.69) is 12.1 Å². The molecule has 2 atom stereocenters. The standard InChI is InChI=1S/C18H24N2O2/c1-3-14(10-17(21)13(2)19)8-9-18(22)20-11-15-6-4-5-7-16(15)12-20/h4-9,13-14H,3,10-12,19H2,1-2H3/b9-8+/t13-,14-/m0/s1. The maximum Gasteiger partial charge on any atom is 0.246 e. The average Bonchev–Trinajstić information content (AvgIpc) is 2.94. The fourth-order valence-electron chi connectivity index (χ4n) is 2.61. The molecule has 4 heteroatoms. The Labute approximate surface area is 132 Å². The Balaban J connectivity index is 1.92. The minimum absolute atomic E-state index is 0.00268. The second kappa shape index (κ2) is 7.36. The summed E-state index contributed by atoms with van der Waals surface area (Å²) in [6.45, 7) is 5.04. The highest BCUT2D eigenvalue weighted by Crippen LogP contribution is 2.22. The van der Waals surface area contributed by atoms with Gasteiger partial charge in [-0.2, -0.15) is 0 Å². The molecule has 4 nitrogen and oxygen atoms in total. The third kappa shape index (κ3) is 4.04. The zero-order valence-electron chi connectivity index (χ0n) is 13.3. The van der Waals surface area contributed by atoms with Gasteiger partial charge in [0.1, 0.15) is 5.78 Å². The van der Waals surface area contributed by atoms with Crippen LogP contribution in [0.2, 0.25) is 0 Å². The van der Waals surface area contributed by atoms with E-state index < -0.39 is 6.04 Å². The molecule has 0 unspecified atom stereocenters. The van der Waals surface area contributed by atoms with Gasteiger partial charge in [-0.25, -0.2) is 0 Å². The number of nitrogens with zero attached hydrogens (tertiary/aromatic N) is 1.